The lowest BCUT2D eigenvalue weighted by molar-refractivity contribution is -0.131. The third-order valence-electron chi connectivity index (χ3n) is 5.01. The van der Waals surface area contributed by atoms with Crippen molar-refractivity contribution in [2.45, 2.75) is 39.7 Å². The Hall–Kier alpha value is -3.33. The maximum Gasteiger partial charge on any atom is 0.328 e. The number of hydrogen-bond acceptors (Lipinski definition) is 2. The maximum atomic E-state index is 11.0. The van der Waals surface area contributed by atoms with E-state index in [0.29, 0.717) is 12.4 Å². The van der Waals surface area contributed by atoms with Gasteiger partial charge in [0.1, 0.15) is 12.4 Å². The van der Waals surface area contributed by atoms with Crippen LogP contribution in [-0.4, -0.2) is 11.1 Å². The zero-order valence-electron chi connectivity index (χ0n) is 18.0. The first-order valence-electron chi connectivity index (χ1n) is 10.1. The molecule has 3 nitrogen and oxygen atoms in total. The van der Waals surface area contributed by atoms with Gasteiger partial charge >= 0.3 is 5.97 Å². The number of carboxylic acid groups (broad SMARTS) is 1. The van der Waals surface area contributed by atoms with Crippen LogP contribution < -0.4 is 4.74 Å². The van der Waals surface area contributed by atoms with Gasteiger partial charge in [-0.1, -0.05) is 80.9 Å². The molecule has 1 N–H and O–H groups in total. The van der Waals surface area contributed by atoms with E-state index < -0.39 is 5.97 Å². The van der Waals surface area contributed by atoms with E-state index in [1.54, 1.807) is 6.08 Å². The number of ether oxygens (including phenoxy) is 1. The molecule has 0 aliphatic rings. The number of benzene rings is 3. The Labute approximate surface area is 178 Å². The molecule has 154 valence electrons. The van der Waals surface area contributed by atoms with Crippen molar-refractivity contribution >= 4 is 12.0 Å². The lowest BCUT2D eigenvalue weighted by Crippen LogP contribution is -2.10. The Morgan fingerprint density at radius 3 is 2.17 bits per heavy atom. The number of rotatable bonds is 6. The van der Waals surface area contributed by atoms with Crippen LogP contribution in [0.5, 0.6) is 5.75 Å². The van der Waals surface area contributed by atoms with Gasteiger partial charge in [-0.3, -0.25) is 0 Å². The molecule has 0 aliphatic heterocycles. The van der Waals surface area contributed by atoms with E-state index in [2.05, 4.69) is 76.2 Å². The van der Waals surface area contributed by atoms with Crippen molar-refractivity contribution in [1.82, 2.24) is 0 Å². The smallest absolute Gasteiger partial charge is 0.328 e. The molecule has 3 rings (SSSR count). The van der Waals surface area contributed by atoms with Crippen LogP contribution in [-0.2, 0) is 16.8 Å². The molecule has 0 spiro atoms. The summed E-state index contributed by atoms with van der Waals surface area (Å²) in [6.07, 6.45) is 2.72. The van der Waals surface area contributed by atoms with Crippen molar-refractivity contribution in [3.8, 4) is 16.9 Å². The first-order valence-corrected chi connectivity index (χ1v) is 10.1. The minimum atomic E-state index is -0.987. The first kappa shape index (κ1) is 21.4. The molecule has 0 heterocycles. The molecule has 0 aromatic heterocycles. The van der Waals surface area contributed by atoms with E-state index >= 15 is 0 Å². The van der Waals surface area contributed by atoms with E-state index in [9.17, 15) is 4.79 Å². The number of hydrogen-bond donors (Lipinski definition) is 1. The molecule has 0 saturated heterocycles. The van der Waals surface area contributed by atoms with Gasteiger partial charge in [-0.15, -0.1) is 0 Å². The minimum absolute atomic E-state index is 0.111. The standard InChI is InChI=1S/C27H28O3/c1-19-5-9-21(10-6-19)22-11-15-25(23(17-22)12-16-26(28)29)30-18-20-7-13-24(14-8-20)27(2,3)4/h5-17H,18H2,1-4H3,(H,28,29). The molecule has 0 atom stereocenters. The monoisotopic (exact) mass is 400 g/mol. The predicted molar refractivity (Wildman–Crippen MR) is 123 cm³/mol. The van der Waals surface area contributed by atoms with Crippen LogP contribution in [0.4, 0.5) is 0 Å². The van der Waals surface area contributed by atoms with Gasteiger partial charge in [0.25, 0.3) is 0 Å². The average molecular weight is 401 g/mol. The second-order valence-electron chi connectivity index (χ2n) is 8.53. The highest BCUT2D eigenvalue weighted by molar-refractivity contribution is 5.86. The molecular weight excluding hydrogens is 372 g/mol. The summed E-state index contributed by atoms with van der Waals surface area (Å²) >= 11 is 0. The molecule has 0 amide bonds. The number of aryl methyl sites for hydroxylation is 1. The third kappa shape index (κ3) is 5.60. The number of carboxylic acids is 1. The molecule has 0 bridgehead atoms. The fourth-order valence-corrected chi connectivity index (χ4v) is 3.16. The SMILES string of the molecule is Cc1ccc(-c2ccc(OCc3ccc(C(C)(C)C)cc3)c(C=CC(=O)O)c2)cc1. The second kappa shape index (κ2) is 9.00. The van der Waals surface area contributed by atoms with Gasteiger partial charge in [-0.25, -0.2) is 4.79 Å². The molecule has 3 aromatic rings. The number of aliphatic carboxylic acids is 1. The molecular formula is C27H28O3. The van der Waals surface area contributed by atoms with Crippen molar-refractivity contribution < 1.29 is 14.6 Å². The van der Waals surface area contributed by atoms with E-state index in [1.165, 1.54) is 11.1 Å². The quantitative estimate of drug-likeness (QED) is 0.472. The first-order chi connectivity index (χ1) is 14.2. The minimum Gasteiger partial charge on any atom is -0.488 e. The Morgan fingerprint density at radius 1 is 0.933 bits per heavy atom. The predicted octanol–water partition coefficient (Wildman–Crippen LogP) is 6.64. The lowest BCUT2D eigenvalue weighted by atomic mass is 9.87. The van der Waals surface area contributed by atoms with E-state index in [1.807, 2.05) is 18.2 Å². The molecule has 0 saturated carbocycles. The number of carbonyl (C=O) groups is 1. The summed E-state index contributed by atoms with van der Waals surface area (Å²) in [5.41, 5.74) is 6.48. The summed E-state index contributed by atoms with van der Waals surface area (Å²) < 4.78 is 6.05. The molecule has 30 heavy (non-hydrogen) atoms. The molecule has 0 radical (unpaired) electrons. The van der Waals surface area contributed by atoms with E-state index in [0.717, 1.165) is 28.3 Å². The fourth-order valence-electron chi connectivity index (χ4n) is 3.16. The van der Waals surface area contributed by atoms with Gasteiger partial charge in [0.15, 0.2) is 0 Å². The molecule has 3 heteroatoms. The summed E-state index contributed by atoms with van der Waals surface area (Å²) in [6, 6.07) is 22.5. The van der Waals surface area contributed by atoms with E-state index in [-0.39, 0.29) is 5.41 Å². The molecule has 0 unspecified atom stereocenters. The van der Waals surface area contributed by atoms with Crippen LogP contribution in [0.25, 0.3) is 17.2 Å². The van der Waals surface area contributed by atoms with Gasteiger partial charge in [0.05, 0.1) is 0 Å². The topological polar surface area (TPSA) is 46.5 Å². The average Bonchev–Trinajstić information content (AvgIpc) is 2.71. The highest BCUT2D eigenvalue weighted by atomic mass is 16.5. The van der Waals surface area contributed by atoms with Crippen molar-refractivity contribution in [2.75, 3.05) is 0 Å². The third-order valence-corrected chi connectivity index (χ3v) is 5.01. The maximum absolute atomic E-state index is 11.0. The van der Waals surface area contributed by atoms with Crippen molar-refractivity contribution in [3.05, 3.63) is 95.1 Å². The van der Waals surface area contributed by atoms with Crippen LogP contribution >= 0.6 is 0 Å². The highest BCUT2D eigenvalue weighted by Gasteiger charge is 2.13. The normalized spacial score (nSPS) is 11.6. The fraction of sp³-hybridized carbons (Fsp3) is 0.222. The zero-order chi connectivity index (χ0) is 21.7. The second-order valence-corrected chi connectivity index (χ2v) is 8.53. The van der Waals surface area contributed by atoms with Gasteiger partial charge in [-0.05, 0) is 52.8 Å². The van der Waals surface area contributed by atoms with Crippen molar-refractivity contribution in [3.63, 3.8) is 0 Å². The van der Waals surface area contributed by atoms with Crippen LogP contribution in [0.15, 0.2) is 72.8 Å². The Balaban J connectivity index is 1.84. The molecule has 3 aromatic carbocycles. The van der Waals surface area contributed by atoms with Crippen LogP contribution in [0.2, 0.25) is 0 Å². The Bertz CT molecular complexity index is 1040. The van der Waals surface area contributed by atoms with Crippen LogP contribution in [0.3, 0.4) is 0 Å². The molecule has 0 aliphatic carbocycles. The lowest BCUT2D eigenvalue weighted by Gasteiger charge is -2.19. The summed E-state index contributed by atoms with van der Waals surface area (Å²) in [5, 5.41) is 9.05. The molecule has 0 fully saturated rings. The van der Waals surface area contributed by atoms with E-state index in [4.69, 9.17) is 9.84 Å². The van der Waals surface area contributed by atoms with Gasteiger partial charge in [0, 0.05) is 11.6 Å². The summed E-state index contributed by atoms with van der Waals surface area (Å²) in [5.74, 6) is -0.331. The van der Waals surface area contributed by atoms with Crippen molar-refractivity contribution in [2.24, 2.45) is 0 Å². The van der Waals surface area contributed by atoms with Gasteiger partial charge in [0.2, 0.25) is 0 Å². The summed E-state index contributed by atoms with van der Waals surface area (Å²) in [6.45, 7) is 9.04. The van der Waals surface area contributed by atoms with Gasteiger partial charge < -0.3 is 9.84 Å². The Kier molecular flexibility index (Phi) is 6.41. The summed E-state index contributed by atoms with van der Waals surface area (Å²) in [7, 11) is 0. The summed E-state index contributed by atoms with van der Waals surface area (Å²) in [4.78, 5) is 11.0. The van der Waals surface area contributed by atoms with Crippen LogP contribution in [0.1, 0.15) is 43.0 Å². The van der Waals surface area contributed by atoms with Gasteiger partial charge in [-0.2, -0.15) is 0 Å². The Morgan fingerprint density at radius 2 is 1.57 bits per heavy atom. The van der Waals surface area contributed by atoms with Crippen molar-refractivity contribution in [1.29, 1.82) is 0 Å². The van der Waals surface area contributed by atoms with Crippen LogP contribution in [0, 0.1) is 6.92 Å². The largest absolute Gasteiger partial charge is 0.488 e. The zero-order valence-corrected chi connectivity index (χ0v) is 18.0. The highest BCUT2D eigenvalue weighted by Crippen LogP contribution is 2.29.